The number of carbonyl (C=O) groups excluding carboxylic acids is 1. The molecule has 1 saturated heterocycles. The van der Waals surface area contributed by atoms with E-state index < -0.39 is 0 Å². The Morgan fingerprint density at radius 3 is 3.05 bits per heavy atom. The van der Waals surface area contributed by atoms with Crippen LogP contribution < -0.4 is 5.73 Å². The molecule has 1 amide bonds. The molecule has 22 heavy (non-hydrogen) atoms. The van der Waals surface area contributed by atoms with Crippen molar-refractivity contribution in [3.05, 3.63) is 47.2 Å². The first-order valence-electron chi connectivity index (χ1n) is 7.50. The number of aromatic nitrogens is 2. The van der Waals surface area contributed by atoms with Crippen LogP contribution in [0.15, 0.2) is 36.7 Å². The predicted molar refractivity (Wildman–Crippen MR) is 86.3 cm³/mol. The Morgan fingerprint density at radius 2 is 2.27 bits per heavy atom. The van der Waals surface area contributed by atoms with Crippen LogP contribution in [0.5, 0.6) is 0 Å². The predicted octanol–water partition coefficient (Wildman–Crippen LogP) is 2.48. The van der Waals surface area contributed by atoms with Crippen molar-refractivity contribution in [3.63, 3.8) is 0 Å². The molecule has 0 bridgehead atoms. The van der Waals surface area contributed by atoms with Gasteiger partial charge in [0.05, 0.1) is 17.4 Å². The van der Waals surface area contributed by atoms with E-state index in [4.69, 9.17) is 17.3 Å². The van der Waals surface area contributed by atoms with Crippen LogP contribution in [-0.2, 0) is 0 Å². The van der Waals surface area contributed by atoms with E-state index in [2.05, 4.69) is 5.10 Å². The van der Waals surface area contributed by atoms with Gasteiger partial charge in [-0.05, 0) is 37.5 Å². The quantitative estimate of drug-likeness (QED) is 0.945. The third-order valence-corrected chi connectivity index (χ3v) is 4.30. The van der Waals surface area contributed by atoms with E-state index in [0.29, 0.717) is 17.1 Å². The zero-order chi connectivity index (χ0) is 15.5. The third kappa shape index (κ3) is 3.00. The minimum Gasteiger partial charge on any atom is -0.334 e. The Morgan fingerprint density at radius 1 is 1.41 bits per heavy atom. The van der Waals surface area contributed by atoms with Gasteiger partial charge in [0.1, 0.15) is 0 Å². The van der Waals surface area contributed by atoms with E-state index in [0.717, 1.165) is 31.5 Å². The second-order valence-corrected chi connectivity index (χ2v) is 5.97. The van der Waals surface area contributed by atoms with Crippen LogP contribution in [0.1, 0.15) is 29.6 Å². The highest BCUT2D eigenvalue weighted by atomic mass is 35.5. The van der Waals surface area contributed by atoms with E-state index in [1.807, 2.05) is 23.1 Å². The number of benzene rings is 1. The van der Waals surface area contributed by atoms with Crippen LogP contribution in [0.4, 0.5) is 0 Å². The molecule has 2 aromatic rings. The summed E-state index contributed by atoms with van der Waals surface area (Å²) in [6.45, 7) is 1.28. The van der Waals surface area contributed by atoms with Gasteiger partial charge in [-0.1, -0.05) is 17.7 Å². The minimum atomic E-state index is 0.00317. The molecule has 6 heteroatoms. The number of hydrogen-bond donors (Lipinski definition) is 1. The zero-order valence-electron chi connectivity index (χ0n) is 12.3. The minimum absolute atomic E-state index is 0.00317. The molecule has 1 aromatic carbocycles. The van der Waals surface area contributed by atoms with Crippen LogP contribution in [0.3, 0.4) is 0 Å². The van der Waals surface area contributed by atoms with E-state index in [9.17, 15) is 4.79 Å². The molecule has 1 atom stereocenters. The lowest BCUT2D eigenvalue weighted by molar-refractivity contribution is 0.0623. The number of nitrogens with zero attached hydrogens (tertiary/aromatic N) is 3. The topological polar surface area (TPSA) is 64.2 Å². The third-order valence-electron chi connectivity index (χ3n) is 4.06. The standard InChI is InChI=1S/C16H19ClN4O/c17-13-4-3-6-14(8-13)21-11-12(10-19-21)16(22)20-7-2-1-5-15(20)9-18/h3-4,6,8,10-11,15H,1-2,5,7,9,18H2. The first-order chi connectivity index (χ1) is 10.7. The Balaban J connectivity index is 1.82. The summed E-state index contributed by atoms with van der Waals surface area (Å²) in [6.07, 6.45) is 6.49. The molecule has 1 fully saturated rings. The van der Waals surface area contributed by atoms with Crippen molar-refractivity contribution in [1.29, 1.82) is 0 Å². The molecule has 1 unspecified atom stereocenters. The Labute approximate surface area is 134 Å². The zero-order valence-corrected chi connectivity index (χ0v) is 13.0. The summed E-state index contributed by atoms with van der Waals surface area (Å²) < 4.78 is 1.67. The first kappa shape index (κ1) is 15.1. The molecular formula is C16H19ClN4O. The largest absolute Gasteiger partial charge is 0.334 e. The van der Waals surface area contributed by atoms with Gasteiger partial charge in [-0.3, -0.25) is 4.79 Å². The SMILES string of the molecule is NCC1CCCCN1C(=O)c1cnn(-c2cccc(Cl)c2)c1. The van der Waals surface area contributed by atoms with Gasteiger partial charge in [0.15, 0.2) is 0 Å². The van der Waals surface area contributed by atoms with Gasteiger partial charge >= 0.3 is 0 Å². The molecule has 3 rings (SSSR count). The number of halogens is 1. The maximum Gasteiger partial charge on any atom is 0.257 e. The Kier molecular flexibility index (Phi) is 4.45. The van der Waals surface area contributed by atoms with Crippen molar-refractivity contribution in [1.82, 2.24) is 14.7 Å². The van der Waals surface area contributed by atoms with Crippen molar-refractivity contribution in [2.75, 3.05) is 13.1 Å². The van der Waals surface area contributed by atoms with E-state index >= 15 is 0 Å². The Hall–Kier alpha value is -1.85. The van der Waals surface area contributed by atoms with Crippen LogP contribution in [-0.4, -0.2) is 39.7 Å². The fourth-order valence-electron chi connectivity index (χ4n) is 2.87. The molecule has 0 saturated carbocycles. The number of carbonyl (C=O) groups is 1. The van der Waals surface area contributed by atoms with Crippen LogP contribution in [0.2, 0.25) is 5.02 Å². The van der Waals surface area contributed by atoms with Crippen LogP contribution in [0.25, 0.3) is 5.69 Å². The number of amides is 1. The summed E-state index contributed by atoms with van der Waals surface area (Å²) in [6, 6.07) is 7.51. The summed E-state index contributed by atoms with van der Waals surface area (Å²) in [5.74, 6) is 0.00317. The molecule has 2 N–H and O–H groups in total. The maximum atomic E-state index is 12.7. The molecule has 5 nitrogen and oxygen atoms in total. The summed E-state index contributed by atoms with van der Waals surface area (Å²) in [4.78, 5) is 14.5. The second kappa shape index (κ2) is 6.50. The first-order valence-corrected chi connectivity index (χ1v) is 7.88. The van der Waals surface area contributed by atoms with Gasteiger partial charge in [0.2, 0.25) is 0 Å². The summed E-state index contributed by atoms with van der Waals surface area (Å²) in [7, 11) is 0. The van der Waals surface area contributed by atoms with Gasteiger partial charge in [-0.25, -0.2) is 4.68 Å². The van der Waals surface area contributed by atoms with E-state index in [-0.39, 0.29) is 11.9 Å². The number of nitrogens with two attached hydrogens (primary N) is 1. The fourth-order valence-corrected chi connectivity index (χ4v) is 3.06. The van der Waals surface area contributed by atoms with Gasteiger partial charge in [0.25, 0.3) is 5.91 Å². The molecule has 1 aromatic heterocycles. The van der Waals surface area contributed by atoms with Crippen molar-refractivity contribution >= 4 is 17.5 Å². The second-order valence-electron chi connectivity index (χ2n) is 5.54. The highest BCUT2D eigenvalue weighted by molar-refractivity contribution is 6.30. The van der Waals surface area contributed by atoms with E-state index in [1.54, 1.807) is 23.1 Å². The van der Waals surface area contributed by atoms with Gasteiger partial charge in [-0.15, -0.1) is 0 Å². The maximum absolute atomic E-state index is 12.7. The lowest BCUT2D eigenvalue weighted by atomic mass is 10.0. The summed E-state index contributed by atoms with van der Waals surface area (Å²) >= 11 is 5.99. The highest BCUT2D eigenvalue weighted by Gasteiger charge is 2.27. The van der Waals surface area contributed by atoms with Crippen molar-refractivity contribution in [3.8, 4) is 5.69 Å². The molecule has 116 valence electrons. The fraction of sp³-hybridized carbons (Fsp3) is 0.375. The number of hydrogen-bond acceptors (Lipinski definition) is 3. The highest BCUT2D eigenvalue weighted by Crippen LogP contribution is 2.20. The average molecular weight is 319 g/mol. The molecule has 1 aliphatic rings. The number of likely N-dealkylation sites (tertiary alicyclic amines) is 1. The molecular weight excluding hydrogens is 300 g/mol. The monoisotopic (exact) mass is 318 g/mol. The number of piperidine rings is 1. The van der Waals surface area contributed by atoms with Crippen LogP contribution in [0, 0.1) is 0 Å². The van der Waals surface area contributed by atoms with Gasteiger partial charge in [0, 0.05) is 30.4 Å². The lowest BCUT2D eigenvalue weighted by Gasteiger charge is -2.34. The normalized spacial score (nSPS) is 18.5. The molecule has 0 aliphatic carbocycles. The molecule has 0 radical (unpaired) electrons. The van der Waals surface area contributed by atoms with Crippen molar-refractivity contribution < 1.29 is 4.79 Å². The summed E-state index contributed by atoms with van der Waals surface area (Å²) in [5, 5.41) is 4.91. The Bertz CT molecular complexity index is 670. The van der Waals surface area contributed by atoms with Gasteiger partial charge in [-0.2, -0.15) is 5.10 Å². The van der Waals surface area contributed by atoms with Crippen molar-refractivity contribution in [2.45, 2.75) is 25.3 Å². The number of rotatable bonds is 3. The molecule has 0 spiro atoms. The molecule has 2 heterocycles. The smallest absolute Gasteiger partial charge is 0.257 e. The van der Waals surface area contributed by atoms with Gasteiger partial charge < -0.3 is 10.6 Å². The average Bonchev–Trinajstić information content (AvgIpc) is 3.04. The van der Waals surface area contributed by atoms with E-state index in [1.165, 1.54) is 0 Å². The van der Waals surface area contributed by atoms with Crippen LogP contribution >= 0.6 is 11.6 Å². The van der Waals surface area contributed by atoms with Crippen molar-refractivity contribution in [2.24, 2.45) is 5.73 Å². The summed E-state index contributed by atoms with van der Waals surface area (Å²) in [5.41, 5.74) is 7.21. The molecule has 1 aliphatic heterocycles. The lowest BCUT2D eigenvalue weighted by Crippen LogP contribution is -2.47.